The molecule has 1 aliphatic carbocycles. The van der Waals surface area contributed by atoms with Crippen LogP contribution < -0.4 is 5.32 Å². The van der Waals surface area contributed by atoms with E-state index in [1.807, 2.05) is 6.92 Å². The summed E-state index contributed by atoms with van der Waals surface area (Å²) in [6, 6.07) is 0. The molecule has 1 heterocycles. The molecular formula is C15H27N3O. The maximum atomic E-state index is 10.2. The van der Waals surface area contributed by atoms with E-state index < -0.39 is 0 Å². The van der Waals surface area contributed by atoms with E-state index in [0.29, 0.717) is 13.1 Å². The minimum Gasteiger partial charge on any atom is -0.390 e. The number of imidazole rings is 1. The standard InChI is InChI=1S/C15H27N3O/c1-11-17-13-7-5-6-8-14(13)18(11)10-12(19)9-16-15(2,3)4/h12,16,19H,5-10H2,1-4H3. The van der Waals surface area contributed by atoms with Crippen molar-refractivity contribution >= 4 is 0 Å². The Hall–Kier alpha value is -0.870. The van der Waals surface area contributed by atoms with Crippen molar-refractivity contribution in [2.45, 2.75) is 71.6 Å². The molecule has 108 valence electrons. The number of aryl methyl sites for hydroxylation is 2. The Bertz CT molecular complexity index is 431. The Balaban J connectivity index is 2.01. The number of aromatic nitrogens is 2. The lowest BCUT2D eigenvalue weighted by atomic mass is 10.0. The second-order valence-electron chi connectivity index (χ2n) is 6.65. The number of nitrogens with zero attached hydrogens (tertiary/aromatic N) is 2. The largest absolute Gasteiger partial charge is 0.390 e. The number of hydrogen-bond donors (Lipinski definition) is 2. The van der Waals surface area contributed by atoms with Gasteiger partial charge in [0.15, 0.2) is 0 Å². The van der Waals surface area contributed by atoms with E-state index >= 15 is 0 Å². The van der Waals surface area contributed by atoms with Crippen molar-refractivity contribution in [1.29, 1.82) is 0 Å². The summed E-state index contributed by atoms with van der Waals surface area (Å²) < 4.78 is 2.21. The molecule has 1 aliphatic rings. The molecule has 0 radical (unpaired) electrons. The molecule has 2 rings (SSSR count). The molecule has 0 saturated heterocycles. The summed E-state index contributed by atoms with van der Waals surface area (Å²) in [5, 5.41) is 13.5. The molecule has 0 amide bonds. The van der Waals surface area contributed by atoms with Crippen LogP contribution in [0.1, 0.15) is 50.8 Å². The third-order valence-corrected chi connectivity index (χ3v) is 3.68. The highest BCUT2D eigenvalue weighted by atomic mass is 16.3. The molecule has 1 aromatic heterocycles. The van der Waals surface area contributed by atoms with Crippen molar-refractivity contribution in [3.63, 3.8) is 0 Å². The van der Waals surface area contributed by atoms with Crippen molar-refractivity contribution < 1.29 is 5.11 Å². The van der Waals surface area contributed by atoms with E-state index in [-0.39, 0.29) is 11.6 Å². The minimum absolute atomic E-state index is 0.0460. The topological polar surface area (TPSA) is 50.1 Å². The second kappa shape index (κ2) is 5.63. The third kappa shape index (κ3) is 3.80. The lowest BCUT2D eigenvalue weighted by Crippen LogP contribution is -2.42. The molecule has 0 spiro atoms. The van der Waals surface area contributed by atoms with Crippen molar-refractivity contribution in [3.05, 3.63) is 17.2 Å². The Morgan fingerprint density at radius 2 is 2.00 bits per heavy atom. The first-order chi connectivity index (χ1) is 8.87. The fourth-order valence-corrected chi connectivity index (χ4v) is 2.68. The average molecular weight is 265 g/mol. The van der Waals surface area contributed by atoms with Gasteiger partial charge in [0, 0.05) is 17.8 Å². The molecule has 4 heteroatoms. The monoisotopic (exact) mass is 265 g/mol. The van der Waals surface area contributed by atoms with Gasteiger partial charge >= 0.3 is 0 Å². The van der Waals surface area contributed by atoms with Gasteiger partial charge in [0.05, 0.1) is 18.3 Å². The number of aliphatic hydroxyl groups is 1. The SMILES string of the molecule is Cc1nc2c(n1CC(O)CNC(C)(C)C)CCCC2. The molecule has 4 nitrogen and oxygen atoms in total. The third-order valence-electron chi connectivity index (χ3n) is 3.68. The van der Waals surface area contributed by atoms with Crippen LogP contribution in [-0.4, -0.2) is 32.8 Å². The van der Waals surface area contributed by atoms with Crippen LogP contribution in [0.2, 0.25) is 0 Å². The fourth-order valence-electron chi connectivity index (χ4n) is 2.68. The molecule has 2 N–H and O–H groups in total. The van der Waals surface area contributed by atoms with Gasteiger partial charge in [-0.25, -0.2) is 4.98 Å². The van der Waals surface area contributed by atoms with Crippen LogP contribution in [0.5, 0.6) is 0 Å². The highest BCUT2D eigenvalue weighted by Gasteiger charge is 2.20. The van der Waals surface area contributed by atoms with Crippen molar-refractivity contribution in [3.8, 4) is 0 Å². The first kappa shape index (κ1) is 14.5. The number of aliphatic hydroxyl groups excluding tert-OH is 1. The van der Waals surface area contributed by atoms with Gasteiger partial charge in [-0.15, -0.1) is 0 Å². The number of hydrogen-bond acceptors (Lipinski definition) is 3. The second-order valence-corrected chi connectivity index (χ2v) is 6.65. The van der Waals surface area contributed by atoms with Crippen LogP contribution in [-0.2, 0) is 19.4 Å². The summed E-state index contributed by atoms with van der Waals surface area (Å²) in [6.07, 6.45) is 4.33. The van der Waals surface area contributed by atoms with Gasteiger partial charge in [-0.3, -0.25) is 0 Å². The molecule has 0 saturated carbocycles. The Morgan fingerprint density at radius 3 is 2.68 bits per heavy atom. The van der Waals surface area contributed by atoms with E-state index in [4.69, 9.17) is 0 Å². The highest BCUT2D eigenvalue weighted by Crippen LogP contribution is 2.22. The quantitative estimate of drug-likeness (QED) is 0.873. The molecule has 1 unspecified atom stereocenters. The molecule has 0 fully saturated rings. The number of nitrogens with one attached hydrogen (secondary N) is 1. The van der Waals surface area contributed by atoms with E-state index in [2.05, 4.69) is 35.6 Å². The maximum absolute atomic E-state index is 10.2. The summed E-state index contributed by atoms with van der Waals surface area (Å²) in [5.41, 5.74) is 2.64. The van der Waals surface area contributed by atoms with Crippen LogP contribution in [0.3, 0.4) is 0 Å². The van der Waals surface area contributed by atoms with Gasteiger partial charge in [0.25, 0.3) is 0 Å². The summed E-state index contributed by atoms with van der Waals surface area (Å²) in [5.74, 6) is 1.04. The molecule has 19 heavy (non-hydrogen) atoms. The lowest BCUT2D eigenvalue weighted by Gasteiger charge is -2.24. The van der Waals surface area contributed by atoms with E-state index in [0.717, 1.165) is 18.7 Å². The molecule has 0 aromatic carbocycles. The molecular weight excluding hydrogens is 238 g/mol. The number of fused-ring (bicyclic) bond motifs is 1. The van der Waals surface area contributed by atoms with Crippen molar-refractivity contribution in [2.24, 2.45) is 0 Å². The smallest absolute Gasteiger partial charge is 0.106 e. The van der Waals surface area contributed by atoms with Crippen LogP contribution >= 0.6 is 0 Å². The van der Waals surface area contributed by atoms with Crippen LogP contribution in [0.15, 0.2) is 0 Å². The lowest BCUT2D eigenvalue weighted by molar-refractivity contribution is 0.140. The van der Waals surface area contributed by atoms with Gasteiger partial charge in [-0.2, -0.15) is 0 Å². The summed E-state index contributed by atoms with van der Waals surface area (Å²) >= 11 is 0. The van der Waals surface area contributed by atoms with Gasteiger partial charge in [-0.1, -0.05) is 0 Å². The molecule has 1 atom stereocenters. The molecule has 1 aromatic rings. The van der Waals surface area contributed by atoms with Gasteiger partial charge in [-0.05, 0) is 53.4 Å². The van der Waals surface area contributed by atoms with E-state index in [9.17, 15) is 5.11 Å². The predicted octanol–water partition coefficient (Wildman–Crippen LogP) is 1.82. The van der Waals surface area contributed by atoms with Crippen LogP contribution in [0.4, 0.5) is 0 Å². The number of rotatable bonds is 4. The zero-order chi connectivity index (χ0) is 14.0. The fraction of sp³-hybridized carbons (Fsp3) is 0.800. The summed E-state index contributed by atoms with van der Waals surface area (Å²) in [4.78, 5) is 4.64. The Kier molecular flexibility index (Phi) is 4.31. The normalized spacial score (nSPS) is 17.3. The molecule has 0 bridgehead atoms. The first-order valence-corrected chi connectivity index (χ1v) is 7.35. The maximum Gasteiger partial charge on any atom is 0.106 e. The highest BCUT2D eigenvalue weighted by molar-refractivity contribution is 5.20. The van der Waals surface area contributed by atoms with Gasteiger partial charge < -0.3 is 15.0 Å². The minimum atomic E-state index is -0.363. The predicted molar refractivity (Wildman–Crippen MR) is 77.4 cm³/mol. The van der Waals surface area contributed by atoms with Gasteiger partial charge in [0.1, 0.15) is 5.82 Å². The first-order valence-electron chi connectivity index (χ1n) is 7.35. The van der Waals surface area contributed by atoms with E-state index in [1.54, 1.807) is 0 Å². The molecule has 0 aliphatic heterocycles. The zero-order valence-corrected chi connectivity index (χ0v) is 12.7. The van der Waals surface area contributed by atoms with Crippen molar-refractivity contribution in [1.82, 2.24) is 14.9 Å². The Labute approximate surface area is 116 Å². The average Bonchev–Trinajstić information content (AvgIpc) is 2.63. The van der Waals surface area contributed by atoms with Crippen LogP contribution in [0.25, 0.3) is 0 Å². The summed E-state index contributed by atoms with van der Waals surface area (Å²) in [6.45, 7) is 9.66. The zero-order valence-electron chi connectivity index (χ0n) is 12.7. The van der Waals surface area contributed by atoms with E-state index in [1.165, 1.54) is 24.2 Å². The van der Waals surface area contributed by atoms with Crippen molar-refractivity contribution in [2.75, 3.05) is 6.54 Å². The summed E-state index contributed by atoms with van der Waals surface area (Å²) in [7, 11) is 0. The van der Waals surface area contributed by atoms with Crippen LogP contribution in [0, 0.1) is 6.92 Å². The number of β-amino-alcohol motifs (C(OH)–C–C–N with tert-alkyl or cyclic N) is 1. The van der Waals surface area contributed by atoms with Gasteiger partial charge in [0.2, 0.25) is 0 Å². The Morgan fingerprint density at radius 1 is 1.32 bits per heavy atom.